The smallest absolute Gasteiger partial charge is 0.357 e. The first-order chi connectivity index (χ1) is 24.5. The van der Waals surface area contributed by atoms with E-state index in [9.17, 15) is 9.59 Å². The number of ether oxygens (including phenoxy) is 4. The predicted octanol–water partition coefficient (Wildman–Crippen LogP) is 7.34. The van der Waals surface area contributed by atoms with Crippen molar-refractivity contribution >= 4 is 50.9 Å². The molecule has 13 nitrogen and oxygen atoms in total. The number of rotatable bonds is 13. The highest BCUT2D eigenvalue weighted by Gasteiger charge is 2.47. The quantitative estimate of drug-likeness (QED) is 0.0812. The minimum atomic E-state index is -1.47. The number of allylic oxidation sites excluding steroid dienone is 2. The lowest BCUT2D eigenvalue weighted by Crippen LogP contribution is -2.56. The molecule has 1 atom stereocenters. The van der Waals surface area contributed by atoms with E-state index >= 15 is 0 Å². The molecule has 0 spiro atoms. The molecule has 1 saturated carbocycles. The van der Waals surface area contributed by atoms with E-state index in [1.807, 2.05) is 36.4 Å². The number of methoxy groups -OCH3 is 2. The summed E-state index contributed by atoms with van der Waals surface area (Å²) in [5, 5.41) is 16.3. The Balaban J connectivity index is 1.23. The Morgan fingerprint density at radius 1 is 1.00 bits per heavy atom. The highest BCUT2D eigenvalue weighted by molar-refractivity contribution is 7.13. The van der Waals surface area contributed by atoms with Gasteiger partial charge in [-0.1, -0.05) is 51.1 Å². The fourth-order valence-corrected chi connectivity index (χ4v) is 6.43. The summed E-state index contributed by atoms with van der Waals surface area (Å²) in [6.45, 7) is 9.04. The van der Waals surface area contributed by atoms with Gasteiger partial charge in [0.1, 0.15) is 11.8 Å². The van der Waals surface area contributed by atoms with E-state index in [2.05, 4.69) is 57.0 Å². The average molecular weight is 714 g/mol. The highest BCUT2D eigenvalue weighted by atomic mass is 32.1. The van der Waals surface area contributed by atoms with Gasteiger partial charge in [0.25, 0.3) is 0 Å². The van der Waals surface area contributed by atoms with E-state index in [-0.39, 0.29) is 17.7 Å². The van der Waals surface area contributed by atoms with Crippen molar-refractivity contribution in [2.24, 2.45) is 11.3 Å². The van der Waals surface area contributed by atoms with Gasteiger partial charge in [-0.05, 0) is 54.9 Å². The summed E-state index contributed by atoms with van der Waals surface area (Å²) in [6, 6.07) is 11.8. The van der Waals surface area contributed by atoms with Crippen LogP contribution >= 0.6 is 11.3 Å². The van der Waals surface area contributed by atoms with Gasteiger partial charge >= 0.3 is 12.0 Å². The zero-order valence-corrected chi connectivity index (χ0v) is 30.3. The number of nitrogens with one attached hydrogen (secondary N) is 4. The maximum Gasteiger partial charge on any atom is 0.357 e. The number of carbonyl (C=O) groups is 2. The molecule has 4 aromatic rings. The van der Waals surface area contributed by atoms with Crippen LogP contribution in [0.1, 0.15) is 51.0 Å². The van der Waals surface area contributed by atoms with Crippen LogP contribution in [0.3, 0.4) is 0 Å². The second-order valence-corrected chi connectivity index (χ2v) is 14.1. The summed E-state index contributed by atoms with van der Waals surface area (Å²) in [4.78, 5) is 39.3. The van der Waals surface area contributed by atoms with Crippen LogP contribution in [0.15, 0.2) is 77.5 Å². The van der Waals surface area contributed by atoms with Crippen molar-refractivity contribution < 1.29 is 28.5 Å². The van der Waals surface area contributed by atoms with E-state index in [1.54, 1.807) is 36.7 Å². The molecule has 1 unspecified atom stereocenters. The van der Waals surface area contributed by atoms with Gasteiger partial charge in [-0.2, -0.15) is 4.98 Å². The minimum Gasteiger partial charge on any atom is -0.461 e. The summed E-state index contributed by atoms with van der Waals surface area (Å²) >= 11 is 1.25. The van der Waals surface area contributed by atoms with Crippen LogP contribution < -0.4 is 26.0 Å². The van der Waals surface area contributed by atoms with E-state index in [1.165, 1.54) is 38.4 Å². The molecule has 4 N–H and O–H groups in total. The fraction of sp³-hybridized carbons (Fsp3) is 0.378. The SMILES string of the molecule is CCOC(=O)c1csc(NC2C=C(C(C)(C)C)C=C(NC(=O)Nc3ccc(Oc4ccnc(NCC5CC5)n4)c4ccccc34)C2(OC)OC)n1. The van der Waals surface area contributed by atoms with Crippen LogP contribution in [0.4, 0.5) is 21.6 Å². The van der Waals surface area contributed by atoms with Crippen molar-refractivity contribution in [3.8, 4) is 11.6 Å². The Morgan fingerprint density at radius 2 is 1.76 bits per heavy atom. The first kappa shape index (κ1) is 35.8. The third-order valence-electron chi connectivity index (χ3n) is 8.64. The molecule has 14 heteroatoms. The van der Waals surface area contributed by atoms with Crippen molar-refractivity contribution in [3.05, 3.63) is 83.2 Å². The molecule has 51 heavy (non-hydrogen) atoms. The normalized spacial score (nSPS) is 16.9. The molecule has 0 bridgehead atoms. The number of nitrogens with zero attached hydrogens (tertiary/aromatic N) is 3. The molecule has 268 valence electrons. The number of thiazole rings is 1. The molecule has 2 amide bonds. The van der Waals surface area contributed by atoms with Gasteiger partial charge in [0.05, 0.1) is 18.0 Å². The van der Waals surface area contributed by atoms with Crippen molar-refractivity contribution in [1.29, 1.82) is 0 Å². The van der Waals surface area contributed by atoms with Gasteiger partial charge in [-0.15, -0.1) is 11.3 Å². The van der Waals surface area contributed by atoms with E-state index < -0.39 is 23.8 Å². The Bertz CT molecular complexity index is 1960. The standard InChI is InChI=1S/C37H43N7O6S/c1-7-49-32(45)27-21-51-35(41-27)43-30-19-23(36(2,3)4)18-29(37(30,47-5)48-6)42-34(46)40-26-14-15-28(25-11-9-8-10-24(25)26)50-31-16-17-38-33(44-31)39-20-22-12-13-22/h8-11,14-19,21-22,30H,7,12-13,20H2,1-6H3,(H,41,43)(H,38,39,44)(H2,40,42,46). The summed E-state index contributed by atoms with van der Waals surface area (Å²) < 4.78 is 23.4. The second kappa shape index (κ2) is 15.1. The minimum absolute atomic E-state index is 0.195. The molecule has 6 rings (SSSR count). The number of carbonyl (C=O) groups excluding carboxylic acids is 2. The van der Waals surface area contributed by atoms with Crippen molar-refractivity contribution in [1.82, 2.24) is 20.3 Å². The summed E-state index contributed by atoms with van der Waals surface area (Å²) in [6.07, 6.45) is 7.97. The summed E-state index contributed by atoms with van der Waals surface area (Å²) in [7, 11) is 3.01. The van der Waals surface area contributed by atoms with Gasteiger partial charge in [0.15, 0.2) is 10.8 Å². The van der Waals surface area contributed by atoms with E-state index in [0.29, 0.717) is 40.0 Å². The van der Waals surface area contributed by atoms with Gasteiger partial charge < -0.3 is 40.2 Å². The lowest BCUT2D eigenvalue weighted by molar-refractivity contribution is -0.184. The molecule has 0 aliphatic heterocycles. The molecule has 2 aromatic carbocycles. The maximum absolute atomic E-state index is 13.8. The number of hydrogen-bond donors (Lipinski definition) is 4. The monoisotopic (exact) mass is 713 g/mol. The molecule has 2 aliphatic rings. The van der Waals surface area contributed by atoms with Crippen molar-refractivity contribution in [3.63, 3.8) is 0 Å². The van der Waals surface area contributed by atoms with Crippen LogP contribution in [0.25, 0.3) is 10.8 Å². The third kappa shape index (κ3) is 8.14. The Hall–Kier alpha value is -5.05. The Morgan fingerprint density at radius 3 is 2.47 bits per heavy atom. The van der Waals surface area contributed by atoms with Gasteiger partial charge in [-0.25, -0.2) is 19.6 Å². The first-order valence-corrected chi connectivity index (χ1v) is 17.7. The molecule has 2 aliphatic carbocycles. The number of amides is 2. The van der Waals surface area contributed by atoms with Gasteiger partial charge in [0, 0.05) is 49.2 Å². The average Bonchev–Trinajstić information content (AvgIpc) is 3.83. The maximum atomic E-state index is 13.8. The summed E-state index contributed by atoms with van der Waals surface area (Å²) in [5.41, 5.74) is 1.75. The van der Waals surface area contributed by atoms with Crippen molar-refractivity contribution in [2.75, 3.05) is 43.3 Å². The largest absolute Gasteiger partial charge is 0.461 e. The zero-order valence-electron chi connectivity index (χ0n) is 29.5. The third-order valence-corrected chi connectivity index (χ3v) is 9.42. The number of aromatic nitrogens is 3. The Labute approximate surface area is 300 Å². The van der Waals surface area contributed by atoms with Gasteiger partial charge in [-0.3, -0.25) is 0 Å². The molecule has 0 radical (unpaired) electrons. The topological polar surface area (TPSA) is 158 Å². The molecule has 0 saturated heterocycles. The van der Waals surface area contributed by atoms with Crippen LogP contribution in [-0.4, -0.2) is 66.2 Å². The molecular formula is C37H43N7O6S. The number of urea groups is 1. The number of hydrogen-bond acceptors (Lipinski definition) is 12. The van der Waals surface area contributed by atoms with Crippen LogP contribution in [0.2, 0.25) is 0 Å². The Kier molecular flexibility index (Phi) is 10.6. The molecular weight excluding hydrogens is 671 g/mol. The lowest BCUT2D eigenvalue weighted by atomic mass is 9.80. The lowest BCUT2D eigenvalue weighted by Gasteiger charge is -2.42. The first-order valence-electron chi connectivity index (χ1n) is 16.8. The summed E-state index contributed by atoms with van der Waals surface area (Å²) in [5.74, 6) is 0.220. The fourth-order valence-electron chi connectivity index (χ4n) is 5.72. The second-order valence-electron chi connectivity index (χ2n) is 13.3. The van der Waals surface area contributed by atoms with Crippen LogP contribution in [0, 0.1) is 11.3 Å². The zero-order chi connectivity index (χ0) is 36.2. The molecule has 2 aromatic heterocycles. The van der Waals surface area contributed by atoms with Crippen LogP contribution in [0.5, 0.6) is 11.6 Å². The molecule has 1 fully saturated rings. The van der Waals surface area contributed by atoms with E-state index in [0.717, 1.165) is 22.9 Å². The number of benzene rings is 2. The number of esters is 1. The number of fused-ring (bicyclic) bond motifs is 1. The molecule has 2 heterocycles. The van der Waals surface area contributed by atoms with Crippen molar-refractivity contribution in [2.45, 2.75) is 52.4 Å². The number of anilines is 3. The highest BCUT2D eigenvalue weighted by Crippen LogP contribution is 2.40. The predicted molar refractivity (Wildman–Crippen MR) is 197 cm³/mol. The van der Waals surface area contributed by atoms with E-state index in [4.69, 9.17) is 18.9 Å². The van der Waals surface area contributed by atoms with Crippen LogP contribution in [-0.2, 0) is 14.2 Å². The van der Waals surface area contributed by atoms with Gasteiger partial charge in [0.2, 0.25) is 17.6 Å².